The monoisotopic (exact) mass is 323 g/mol. The maximum absolute atomic E-state index is 12.1. The summed E-state index contributed by atoms with van der Waals surface area (Å²) in [5, 5.41) is 2.81. The van der Waals surface area contributed by atoms with E-state index in [2.05, 4.69) is 5.32 Å². The lowest BCUT2D eigenvalue weighted by Gasteiger charge is -2.07. The summed E-state index contributed by atoms with van der Waals surface area (Å²) in [6, 6.07) is 13.0. The van der Waals surface area contributed by atoms with Crippen LogP contribution in [-0.2, 0) is 4.79 Å². The lowest BCUT2D eigenvalue weighted by atomic mass is 10.2. The molecule has 1 aliphatic heterocycles. The van der Waals surface area contributed by atoms with Crippen molar-refractivity contribution in [3.8, 4) is 17.2 Å². The van der Waals surface area contributed by atoms with Crippen molar-refractivity contribution in [3.63, 3.8) is 0 Å². The average molecular weight is 323 g/mol. The molecule has 0 unspecified atom stereocenters. The molecule has 0 bridgehead atoms. The van der Waals surface area contributed by atoms with Gasteiger partial charge < -0.3 is 19.5 Å². The first-order chi connectivity index (χ1) is 11.8. The number of anilines is 1. The van der Waals surface area contributed by atoms with E-state index >= 15 is 0 Å². The first-order valence-electron chi connectivity index (χ1n) is 7.92. The van der Waals surface area contributed by atoms with Crippen molar-refractivity contribution in [2.45, 2.75) is 18.9 Å². The number of carbonyl (C=O) groups is 1. The summed E-state index contributed by atoms with van der Waals surface area (Å²) in [7, 11) is 0. The molecule has 0 aromatic heterocycles. The lowest BCUT2D eigenvalue weighted by molar-refractivity contribution is -0.111. The zero-order valence-corrected chi connectivity index (χ0v) is 13.0. The Balaban J connectivity index is 1.43. The van der Waals surface area contributed by atoms with Gasteiger partial charge in [-0.1, -0.05) is 18.2 Å². The number of fused-ring (bicyclic) bond motifs is 1. The van der Waals surface area contributed by atoms with Crippen LogP contribution < -0.4 is 19.5 Å². The average Bonchev–Trinajstić information content (AvgIpc) is 3.28. The molecule has 1 N–H and O–H groups in total. The van der Waals surface area contributed by atoms with Gasteiger partial charge in [0.1, 0.15) is 5.75 Å². The molecular weight excluding hydrogens is 306 g/mol. The Morgan fingerprint density at radius 3 is 2.83 bits per heavy atom. The normalized spacial score (nSPS) is 15.5. The first-order valence-corrected chi connectivity index (χ1v) is 7.92. The fraction of sp³-hybridized carbons (Fsp3) is 0.211. The molecule has 0 saturated heterocycles. The van der Waals surface area contributed by atoms with Crippen LogP contribution in [0, 0.1) is 0 Å². The van der Waals surface area contributed by atoms with Crippen molar-refractivity contribution in [1.82, 2.24) is 0 Å². The summed E-state index contributed by atoms with van der Waals surface area (Å²) in [4.78, 5) is 12.1. The Morgan fingerprint density at radius 1 is 1.12 bits per heavy atom. The van der Waals surface area contributed by atoms with E-state index in [1.165, 1.54) is 6.08 Å². The van der Waals surface area contributed by atoms with Crippen LogP contribution in [0.15, 0.2) is 48.5 Å². The van der Waals surface area contributed by atoms with E-state index in [1.54, 1.807) is 24.3 Å². The molecule has 0 atom stereocenters. The molecule has 122 valence electrons. The number of carbonyl (C=O) groups excluding carboxylic acids is 1. The topological polar surface area (TPSA) is 56.8 Å². The van der Waals surface area contributed by atoms with Crippen LogP contribution in [0.3, 0.4) is 0 Å². The van der Waals surface area contributed by atoms with Crippen molar-refractivity contribution >= 4 is 17.7 Å². The summed E-state index contributed by atoms with van der Waals surface area (Å²) in [6.45, 7) is 0.213. The van der Waals surface area contributed by atoms with Gasteiger partial charge in [-0.15, -0.1) is 0 Å². The Hall–Kier alpha value is -2.95. The van der Waals surface area contributed by atoms with Crippen LogP contribution in [0.5, 0.6) is 17.2 Å². The smallest absolute Gasteiger partial charge is 0.248 e. The second-order valence-corrected chi connectivity index (χ2v) is 5.75. The van der Waals surface area contributed by atoms with Crippen molar-refractivity contribution in [2.75, 3.05) is 12.1 Å². The van der Waals surface area contributed by atoms with Gasteiger partial charge in [0.05, 0.1) is 6.10 Å². The summed E-state index contributed by atoms with van der Waals surface area (Å²) < 4.78 is 16.4. The maximum Gasteiger partial charge on any atom is 0.248 e. The van der Waals surface area contributed by atoms with Crippen LogP contribution in [0.2, 0.25) is 0 Å². The third-order valence-electron chi connectivity index (χ3n) is 3.79. The molecule has 1 fully saturated rings. The van der Waals surface area contributed by atoms with Crippen LogP contribution in [0.25, 0.3) is 6.08 Å². The molecule has 0 spiro atoms. The summed E-state index contributed by atoms with van der Waals surface area (Å²) >= 11 is 0. The number of amides is 1. The molecule has 5 nitrogen and oxygen atoms in total. The van der Waals surface area contributed by atoms with E-state index in [4.69, 9.17) is 14.2 Å². The minimum absolute atomic E-state index is 0.213. The summed E-state index contributed by atoms with van der Waals surface area (Å²) in [5.74, 6) is 1.93. The van der Waals surface area contributed by atoms with Crippen LogP contribution >= 0.6 is 0 Å². The highest BCUT2D eigenvalue weighted by Gasteiger charge is 2.24. The second-order valence-electron chi connectivity index (χ2n) is 5.75. The van der Waals surface area contributed by atoms with E-state index in [-0.39, 0.29) is 12.7 Å². The van der Waals surface area contributed by atoms with Gasteiger partial charge in [-0.25, -0.2) is 0 Å². The molecule has 2 aliphatic rings. The molecule has 2 aromatic carbocycles. The first kappa shape index (κ1) is 14.6. The van der Waals surface area contributed by atoms with Gasteiger partial charge in [0.25, 0.3) is 0 Å². The van der Waals surface area contributed by atoms with E-state index in [0.717, 1.165) is 24.2 Å². The third-order valence-corrected chi connectivity index (χ3v) is 3.79. The molecular formula is C19H17NO4. The molecule has 1 amide bonds. The van der Waals surface area contributed by atoms with Gasteiger partial charge in [-0.3, -0.25) is 4.79 Å². The molecule has 4 rings (SSSR count). The van der Waals surface area contributed by atoms with E-state index < -0.39 is 0 Å². The van der Waals surface area contributed by atoms with Gasteiger partial charge in [0, 0.05) is 23.4 Å². The fourth-order valence-electron chi connectivity index (χ4n) is 2.41. The lowest BCUT2D eigenvalue weighted by Crippen LogP contribution is -2.07. The SMILES string of the molecule is O=C(C=Cc1ccccc1OC1CC1)Nc1ccc2c(c1)OCO2. The molecule has 0 radical (unpaired) electrons. The Labute approximate surface area is 139 Å². The molecule has 24 heavy (non-hydrogen) atoms. The summed E-state index contributed by atoms with van der Waals surface area (Å²) in [5.41, 5.74) is 1.56. The number of rotatable bonds is 5. The van der Waals surface area contributed by atoms with Crippen LogP contribution in [0.4, 0.5) is 5.69 Å². The van der Waals surface area contributed by atoms with Crippen molar-refractivity contribution < 1.29 is 19.0 Å². The number of benzene rings is 2. The van der Waals surface area contributed by atoms with Crippen molar-refractivity contribution in [3.05, 3.63) is 54.1 Å². The minimum Gasteiger partial charge on any atom is -0.490 e. The Bertz CT molecular complexity index is 796. The van der Waals surface area contributed by atoms with E-state index in [0.29, 0.717) is 23.3 Å². The molecule has 1 heterocycles. The van der Waals surface area contributed by atoms with Gasteiger partial charge in [-0.2, -0.15) is 0 Å². The molecule has 1 aliphatic carbocycles. The van der Waals surface area contributed by atoms with Crippen LogP contribution in [-0.4, -0.2) is 18.8 Å². The number of ether oxygens (including phenoxy) is 3. The second kappa shape index (κ2) is 6.28. The van der Waals surface area contributed by atoms with Gasteiger partial charge in [-0.05, 0) is 37.1 Å². The van der Waals surface area contributed by atoms with Gasteiger partial charge in [0.2, 0.25) is 12.7 Å². The number of nitrogens with one attached hydrogen (secondary N) is 1. The fourth-order valence-corrected chi connectivity index (χ4v) is 2.41. The third kappa shape index (κ3) is 3.35. The van der Waals surface area contributed by atoms with E-state index in [1.807, 2.05) is 24.3 Å². The Kier molecular flexibility index (Phi) is 3.83. The quantitative estimate of drug-likeness (QED) is 0.854. The van der Waals surface area contributed by atoms with Crippen molar-refractivity contribution in [2.24, 2.45) is 0 Å². The minimum atomic E-state index is -0.213. The molecule has 2 aromatic rings. The standard InChI is InChI=1S/C19H17NO4/c21-19(20-14-6-9-17-18(11-14)23-12-22-17)10-5-13-3-1-2-4-16(13)24-15-7-8-15/h1-6,9-11,15H,7-8,12H2,(H,20,21). The van der Waals surface area contributed by atoms with Gasteiger partial charge >= 0.3 is 0 Å². The predicted molar refractivity (Wildman–Crippen MR) is 90.3 cm³/mol. The molecule has 5 heteroatoms. The highest BCUT2D eigenvalue weighted by atomic mass is 16.7. The largest absolute Gasteiger partial charge is 0.490 e. The summed E-state index contributed by atoms with van der Waals surface area (Å²) in [6.07, 6.45) is 5.78. The number of para-hydroxylation sites is 1. The Morgan fingerprint density at radius 2 is 1.96 bits per heavy atom. The zero-order valence-electron chi connectivity index (χ0n) is 13.0. The zero-order chi connectivity index (χ0) is 16.4. The highest BCUT2D eigenvalue weighted by molar-refractivity contribution is 6.02. The van der Waals surface area contributed by atoms with Crippen LogP contribution in [0.1, 0.15) is 18.4 Å². The highest BCUT2D eigenvalue weighted by Crippen LogP contribution is 2.34. The maximum atomic E-state index is 12.1. The van der Waals surface area contributed by atoms with Crippen molar-refractivity contribution in [1.29, 1.82) is 0 Å². The predicted octanol–water partition coefficient (Wildman–Crippen LogP) is 3.61. The van der Waals surface area contributed by atoms with E-state index in [9.17, 15) is 4.79 Å². The molecule has 1 saturated carbocycles. The van der Waals surface area contributed by atoms with Gasteiger partial charge in [0.15, 0.2) is 11.5 Å². The number of hydrogen-bond donors (Lipinski definition) is 1. The number of hydrogen-bond acceptors (Lipinski definition) is 4.